The van der Waals surface area contributed by atoms with Crippen LogP contribution in [0.4, 0.5) is 0 Å². The standard InChI is InChI=1S/C23H21N5OS/c1-16-7-6-8-18(11-16)23-19(14-28(27-23)20-9-4-3-5-10-20)13-24-26-21(29)12-22-25-17(2)15-30-22/h3-11,13-15H,12H2,1-2H3,(H,26,29)/b24-13-. The second kappa shape index (κ2) is 8.84. The Labute approximate surface area is 178 Å². The number of carbonyl (C=O) groups excluding carboxylic acids is 1. The maximum absolute atomic E-state index is 12.2. The molecule has 2 aromatic carbocycles. The topological polar surface area (TPSA) is 72.2 Å². The summed E-state index contributed by atoms with van der Waals surface area (Å²) in [6.07, 6.45) is 3.76. The van der Waals surface area contributed by atoms with Crippen LogP contribution in [0.3, 0.4) is 0 Å². The number of hydrogen-bond acceptors (Lipinski definition) is 5. The number of para-hydroxylation sites is 1. The lowest BCUT2D eigenvalue weighted by Gasteiger charge is -2.01. The van der Waals surface area contributed by atoms with E-state index in [9.17, 15) is 4.79 Å². The van der Waals surface area contributed by atoms with Gasteiger partial charge < -0.3 is 0 Å². The highest BCUT2D eigenvalue weighted by Crippen LogP contribution is 2.23. The molecule has 0 fully saturated rings. The first-order chi connectivity index (χ1) is 14.6. The maximum Gasteiger partial charge on any atom is 0.246 e. The van der Waals surface area contributed by atoms with E-state index in [0.717, 1.165) is 38.8 Å². The van der Waals surface area contributed by atoms with Crippen molar-refractivity contribution in [3.63, 3.8) is 0 Å². The number of amides is 1. The Hall–Kier alpha value is -3.58. The lowest BCUT2D eigenvalue weighted by molar-refractivity contribution is -0.120. The number of aromatic nitrogens is 3. The Morgan fingerprint density at radius 3 is 2.73 bits per heavy atom. The minimum absolute atomic E-state index is 0.201. The molecule has 0 spiro atoms. The fraction of sp³-hybridized carbons (Fsp3) is 0.130. The van der Waals surface area contributed by atoms with Crippen LogP contribution in [0.1, 0.15) is 21.8 Å². The van der Waals surface area contributed by atoms with Gasteiger partial charge in [0, 0.05) is 28.4 Å². The third-order valence-corrected chi connectivity index (χ3v) is 5.39. The summed E-state index contributed by atoms with van der Waals surface area (Å²) in [5, 5.41) is 11.6. The smallest absolute Gasteiger partial charge is 0.246 e. The van der Waals surface area contributed by atoms with Crippen LogP contribution in [-0.2, 0) is 11.2 Å². The van der Waals surface area contributed by atoms with Crippen LogP contribution < -0.4 is 5.43 Å². The summed E-state index contributed by atoms with van der Waals surface area (Å²) in [4.78, 5) is 16.5. The summed E-state index contributed by atoms with van der Waals surface area (Å²) < 4.78 is 1.82. The van der Waals surface area contributed by atoms with Gasteiger partial charge in [0.15, 0.2) is 0 Å². The van der Waals surface area contributed by atoms with E-state index in [1.165, 1.54) is 11.3 Å². The zero-order valence-corrected chi connectivity index (χ0v) is 17.6. The van der Waals surface area contributed by atoms with Crippen molar-refractivity contribution >= 4 is 23.5 Å². The van der Waals surface area contributed by atoms with E-state index in [1.807, 2.05) is 78.6 Å². The number of benzene rings is 2. The number of carbonyl (C=O) groups is 1. The molecule has 4 rings (SSSR count). The van der Waals surface area contributed by atoms with Gasteiger partial charge in [0.2, 0.25) is 5.91 Å². The molecule has 7 heteroatoms. The Balaban J connectivity index is 1.58. The Morgan fingerprint density at radius 1 is 1.17 bits per heavy atom. The van der Waals surface area contributed by atoms with Crippen molar-refractivity contribution in [3.8, 4) is 16.9 Å². The first kappa shape index (κ1) is 19.7. The zero-order chi connectivity index (χ0) is 20.9. The van der Waals surface area contributed by atoms with E-state index in [4.69, 9.17) is 5.10 Å². The molecule has 0 unspecified atom stereocenters. The summed E-state index contributed by atoms with van der Waals surface area (Å²) in [5.41, 5.74) is 8.22. The van der Waals surface area contributed by atoms with Crippen LogP contribution in [0.25, 0.3) is 16.9 Å². The molecule has 0 saturated heterocycles. The lowest BCUT2D eigenvalue weighted by Crippen LogP contribution is -2.19. The molecule has 0 radical (unpaired) electrons. The van der Waals surface area contributed by atoms with E-state index < -0.39 is 0 Å². The number of nitrogens with zero attached hydrogens (tertiary/aromatic N) is 4. The second-order valence-corrected chi connectivity index (χ2v) is 7.88. The van der Waals surface area contributed by atoms with Gasteiger partial charge in [-0.1, -0.05) is 42.0 Å². The fourth-order valence-corrected chi connectivity index (χ4v) is 3.82. The van der Waals surface area contributed by atoms with E-state index in [0.29, 0.717) is 0 Å². The second-order valence-electron chi connectivity index (χ2n) is 6.94. The van der Waals surface area contributed by atoms with E-state index in [-0.39, 0.29) is 12.3 Å². The molecule has 2 aromatic heterocycles. The fourth-order valence-electron chi connectivity index (χ4n) is 3.05. The molecule has 0 saturated carbocycles. The first-order valence-electron chi connectivity index (χ1n) is 9.53. The summed E-state index contributed by atoms with van der Waals surface area (Å²) in [6, 6.07) is 18.0. The van der Waals surface area contributed by atoms with Gasteiger partial charge in [0.25, 0.3) is 0 Å². The van der Waals surface area contributed by atoms with E-state index in [1.54, 1.807) is 6.21 Å². The summed E-state index contributed by atoms with van der Waals surface area (Å²) in [5.74, 6) is -0.201. The van der Waals surface area contributed by atoms with Crippen molar-refractivity contribution in [1.82, 2.24) is 20.2 Å². The minimum atomic E-state index is -0.201. The number of nitrogens with one attached hydrogen (secondary N) is 1. The molecule has 0 aliphatic carbocycles. The molecule has 6 nitrogen and oxygen atoms in total. The highest BCUT2D eigenvalue weighted by molar-refractivity contribution is 7.09. The Morgan fingerprint density at radius 2 is 2.00 bits per heavy atom. The third kappa shape index (κ3) is 4.69. The molecule has 2 heterocycles. The van der Waals surface area contributed by atoms with Crippen LogP contribution in [0, 0.1) is 13.8 Å². The van der Waals surface area contributed by atoms with Gasteiger partial charge in [-0.05, 0) is 32.0 Å². The molecule has 0 aliphatic heterocycles. The average Bonchev–Trinajstić information content (AvgIpc) is 3.35. The van der Waals surface area contributed by atoms with Gasteiger partial charge in [-0.3, -0.25) is 4.79 Å². The summed E-state index contributed by atoms with van der Waals surface area (Å²) >= 11 is 1.47. The van der Waals surface area contributed by atoms with Crippen LogP contribution in [0.2, 0.25) is 0 Å². The van der Waals surface area contributed by atoms with Crippen LogP contribution in [-0.4, -0.2) is 26.9 Å². The minimum Gasteiger partial charge on any atom is -0.273 e. The first-order valence-corrected chi connectivity index (χ1v) is 10.4. The molecular formula is C23H21N5OS. The Kier molecular flexibility index (Phi) is 5.81. The van der Waals surface area contributed by atoms with Gasteiger partial charge in [-0.15, -0.1) is 11.3 Å². The maximum atomic E-state index is 12.2. The van der Waals surface area contributed by atoms with Gasteiger partial charge in [0.1, 0.15) is 10.7 Å². The van der Waals surface area contributed by atoms with E-state index in [2.05, 4.69) is 21.6 Å². The monoisotopic (exact) mass is 415 g/mol. The predicted molar refractivity (Wildman–Crippen MR) is 120 cm³/mol. The third-order valence-electron chi connectivity index (χ3n) is 4.43. The average molecular weight is 416 g/mol. The van der Waals surface area contributed by atoms with Crippen LogP contribution >= 0.6 is 11.3 Å². The molecular weight excluding hydrogens is 394 g/mol. The highest BCUT2D eigenvalue weighted by atomic mass is 32.1. The van der Waals surface area contributed by atoms with Crippen molar-refractivity contribution in [1.29, 1.82) is 0 Å². The summed E-state index contributed by atoms with van der Waals surface area (Å²) in [6.45, 7) is 3.96. The van der Waals surface area contributed by atoms with Crippen LogP contribution in [0.15, 0.2) is 71.3 Å². The zero-order valence-electron chi connectivity index (χ0n) is 16.7. The van der Waals surface area contributed by atoms with Gasteiger partial charge >= 0.3 is 0 Å². The van der Waals surface area contributed by atoms with Crippen molar-refractivity contribution in [2.75, 3.05) is 0 Å². The van der Waals surface area contributed by atoms with Crippen molar-refractivity contribution in [2.45, 2.75) is 20.3 Å². The molecule has 30 heavy (non-hydrogen) atoms. The molecule has 1 N–H and O–H groups in total. The molecule has 0 aliphatic rings. The number of thiazole rings is 1. The quantitative estimate of drug-likeness (QED) is 0.377. The molecule has 0 bridgehead atoms. The predicted octanol–water partition coefficient (Wildman–Crippen LogP) is 4.31. The number of hydrazone groups is 1. The lowest BCUT2D eigenvalue weighted by atomic mass is 10.1. The number of rotatable bonds is 6. The molecule has 1 amide bonds. The van der Waals surface area contributed by atoms with E-state index >= 15 is 0 Å². The highest BCUT2D eigenvalue weighted by Gasteiger charge is 2.12. The van der Waals surface area contributed by atoms with Crippen LogP contribution in [0.5, 0.6) is 0 Å². The van der Waals surface area contributed by atoms with Crippen molar-refractivity contribution in [2.24, 2.45) is 5.10 Å². The van der Waals surface area contributed by atoms with Gasteiger partial charge in [0.05, 0.1) is 18.3 Å². The van der Waals surface area contributed by atoms with Crippen molar-refractivity contribution < 1.29 is 4.79 Å². The number of hydrogen-bond donors (Lipinski definition) is 1. The SMILES string of the molecule is Cc1cccc(-c2nn(-c3ccccc3)cc2/C=N\NC(=O)Cc2nc(C)cs2)c1. The van der Waals surface area contributed by atoms with Crippen molar-refractivity contribution in [3.05, 3.63) is 88.0 Å². The molecule has 150 valence electrons. The van der Waals surface area contributed by atoms with Gasteiger partial charge in [-0.25, -0.2) is 15.1 Å². The van der Waals surface area contributed by atoms with Gasteiger partial charge in [-0.2, -0.15) is 10.2 Å². The largest absolute Gasteiger partial charge is 0.273 e. The normalized spacial score (nSPS) is 11.1. The molecule has 4 aromatic rings. The number of aryl methyl sites for hydroxylation is 2. The molecule has 0 atom stereocenters. The Bertz CT molecular complexity index is 1190. The summed E-state index contributed by atoms with van der Waals surface area (Å²) in [7, 11) is 0.